The maximum Gasteiger partial charge on any atom is 0.248 e. The minimum Gasteiger partial charge on any atom is -0.496 e. The van der Waals surface area contributed by atoms with E-state index in [2.05, 4.69) is 5.32 Å². The molecule has 1 unspecified atom stereocenters. The van der Waals surface area contributed by atoms with E-state index in [0.29, 0.717) is 17.0 Å². The molecule has 0 heterocycles. The zero-order chi connectivity index (χ0) is 14.6. The normalized spacial score (nSPS) is 13.3. The average Bonchev–Trinajstić information content (AvgIpc) is 2.48. The monoisotopic (exact) mass is 270 g/mol. The number of methoxy groups -OCH3 is 1. The second-order valence-electron chi connectivity index (χ2n) is 4.72. The molecule has 1 atom stereocenters. The van der Waals surface area contributed by atoms with E-state index in [-0.39, 0.29) is 5.91 Å². The number of benzene rings is 2. The maximum atomic E-state index is 12.4. The molecule has 3 N–H and O–H groups in total. The van der Waals surface area contributed by atoms with Crippen LogP contribution in [0.2, 0.25) is 0 Å². The summed E-state index contributed by atoms with van der Waals surface area (Å²) >= 11 is 0. The van der Waals surface area contributed by atoms with Gasteiger partial charge in [-0.25, -0.2) is 0 Å². The number of nitrogens with one attached hydrogen (secondary N) is 1. The Balaban J connectivity index is 2.27. The Hall–Kier alpha value is -2.33. The molecule has 104 valence electrons. The van der Waals surface area contributed by atoms with Gasteiger partial charge in [0.2, 0.25) is 5.91 Å². The third kappa shape index (κ3) is 2.81. The van der Waals surface area contributed by atoms with Crippen LogP contribution in [0.15, 0.2) is 54.6 Å². The molecule has 0 aliphatic rings. The first-order valence-corrected chi connectivity index (χ1v) is 6.34. The predicted octanol–water partition coefficient (Wildman–Crippen LogP) is 2.51. The van der Waals surface area contributed by atoms with Crippen LogP contribution in [0.5, 0.6) is 5.75 Å². The molecule has 0 saturated heterocycles. The summed E-state index contributed by atoms with van der Waals surface area (Å²) in [6.45, 7) is 1.67. The first kappa shape index (κ1) is 14.1. The molecule has 2 aromatic carbocycles. The highest BCUT2D eigenvalue weighted by Gasteiger charge is 2.33. The lowest BCUT2D eigenvalue weighted by molar-refractivity contribution is -0.120. The molecule has 0 saturated carbocycles. The molecule has 2 rings (SSSR count). The van der Waals surface area contributed by atoms with Gasteiger partial charge in [-0.05, 0) is 25.1 Å². The smallest absolute Gasteiger partial charge is 0.248 e. The van der Waals surface area contributed by atoms with Crippen molar-refractivity contribution in [3.05, 3.63) is 60.2 Å². The van der Waals surface area contributed by atoms with E-state index in [1.807, 2.05) is 42.5 Å². The van der Waals surface area contributed by atoms with Crippen LogP contribution in [-0.4, -0.2) is 13.0 Å². The molecular formula is C16H18N2O2. The van der Waals surface area contributed by atoms with E-state index in [1.54, 1.807) is 26.2 Å². The number of ether oxygens (including phenoxy) is 1. The number of anilines is 1. The lowest BCUT2D eigenvalue weighted by Gasteiger charge is -2.25. The van der Waals surface area contributed by atoms with Crippen molar-refractivity contribution in [1.29, 1.82) is 0 Å². The number of para-hydroxylation sites is 2. The van der Waals surface area contributed by atoms with E-state index < -0.39 is 5.54 Å². The van der Waals surface area contributed by atoms with Crippen molar-refractivity contribution in [2.24, 2.45) is 5.73 Å². The quantitative estimate of drug-likeness (QED) is 0.897. The van der Waals surface area contributed by atoms with Gasteiger partial charge in [0.25, 0.3) is 0 Å². The van der Waals surface area contributed by atoms with Gasteiger partial charge in [-0.1, -0.05) is 36.4 Å². The van der Waals surface area contributed by atoms with E-state index in [1.165, 1.54) is 0 Å². The van der Waals surface area contributed by atoms with Gasteiger partial charge in [-0.15, -0.1) is 0 Å². The summed E-state index contributed by atoms with van der Waals surface area (Å²) in [4.78, 5) is 12.4. The third-order valence-electron chi connectivity index (χ3n) is 3.17. The van der Waals surface area contributed by atoms with Crippen molar-refractivity contribution >= 4 is 11.6 Å². The van der Waals surface area contributed by atoms with Gasteiger partial charge < -0.3 is 15.8 Å². The summed E-state index contributed by atoms with van der Waals surface area (Å²) < 4.78 is 5.27. The minimum atomic E-state index is -1.18. The molecule has 2 aromatic rings. The van der Waals surface area contributed by atoms with Gasteiger partial charge in [-0.2, -0.15) is 0 Å². The molecule has 0 aromatic heterocycles. The van der Waals surface area contributed by atoms with Crippen molar-refractivity contribution in [3.63, 3.8) is 0 Å². The van der Waals surface area contributed by atoms with Crippen LogP contribution >= 0.6 is 0 Å². The Morgan fingerprint density at radius 2 is 1.70 bits per heavy atom. The summed E-state index contributed by atoms with van der Waals surface area (Å²) in [5.74, 6) is 0.314. The van der Waals surface area contributed by atoms with Crippen molar-refractivity contribution < 1.29 is 9.53 Å². The third-order valence-corrected chi connectivity index (χ3v) is 3.17. The Morgan fingerprint density at radius 3 is 2.35 bits per heavy atom. The van der Waals surface area contributed by atoms with Gasteiger partial charge >= 0.3 is 0 Å². The molecule has 0 radical (unpaired) electrons. The highest BCUT2D eigenvalue weighted by molar-refractivity contribution is 5.98. The summed E-state index contributed by atoms with van der Waals surface area (Å²) in [5.41, 5.74) is 6.40. The fourth-order valence-corrected chi connectivity index (χ4v) is 1.98. The van der Waals surface area contributed by atoms with Crippen LogP contribution in [0.3, 0.4) is 0 Å². The van der Waals surface area contributed by atoms with Crippen molar-refractivity contribution in [3.8, 4) is 5.75 Å². The Morgan fingerprint density at radius 1 is 1.10 bits per heavy atom. The predicted molar refractivity (Wildman–Crippen MR) is 79.6 cm³/mol. The minimum absolute atomic E-state index is 0.284. The van der Waals surface area contributed by atoms with Gasteiger partial charge in [0, 0.05) is 11.3 Å². The van der Waals surface area contributed by atoms with Crippen LogP contribution < -0.4 is 15.8 Å². The molecule has 0 bridgehead atoms. The highest BCUT2D eigenvalue weighted by Crippen LogP contribution is 2.28. The number of amides is 1. The molecule has 4 heteroatoms. The van der Waals surface area contributed by atoms with Crippen LogP contribution in [0.25, 0.3) is 0 Å². The zero-order valence-corrected chi connectivity index (χ0v) is 11.6. The molecule has 0 aliphatic carbocycles. The van der Waals surface area contributed by atoms with Crippen molar-refractivity contribution in [2.75, 3.05) is 12.4 Å². The number of hydrogen-bond donors (Lipinski definition) is 2. The van der Waals surface area contributed by atoms with Gasteiger partial charge in [0.05, 0.1) is 7.11 Å². The molecule has 0 fully saturated rings. The molecule has 20 heavy (non-hydrogen) atoms. The molecule has 0 aliphatic heterocycles. The standard InChI is InChI=1S/C16H18N2O2/c1-16(17,13-10-6-7-11-14(13)20-2)15(19)18-12-8-4-3-5-9-12/h3-11H,17H2,1-2H3,(H,18,19). The number of carbonyl (C=O) groups is 1. The molecular weight excluding hydrogens is 252 g/mol. The Bertz CT molecular complexity index is 594. The van der Waals surface area contributed by atoms with Crippen LogP contribution in [-0.2, 0) is 10.3 Å². The average molecular weight is 270 g/mol. The van der Waals surface area contributed by atoms with E-state index in [9.17, 15) is 4.79 Å². The largest absolute Gasteiger partial charge is 0.496 e. The maximum absolute atomic E-state index is 12.4. The molecule has 1 amide bonds. The van der Waals surface area contributed by atoms with Gasteiger partial charge in [0.15, 0.2) is 0 Å². The fraction of sp³-hybridized carbons (Fsp3) is 0.188. The number of hydrogen-bond acceptors (Lipinski definition) is 3. The van der Waals surface area contributed by atoms with Gasteiger partial charge in [-0.3, -0.25) is 4.79 Å². The van der Waals surface area contributed by atoms with E-state index >= 15 is 0 Å². The highest BCUT2D eigenvalue weighted by atomic mass is 16.5. The molecule has 4 nitrogen and oxygen atoms in total. The zero-order valence-electron chi connectivity index (χ0n) is 11.6. The number of carbonyl (C=O) groups excluding carboxylic acids is 1. The van der Waals surface area contributed by atoms with Crippen molar-refractivity contribution in [1.82, 2.24) is 0 Å². The van der Waals surface area contributed by atoms with Crippen molar-refractivity contribution in [2.45, 2.75) is 12.5 Å². The van der Waals surface area contributed by atoms with Crippen LogP contribution in [0.4, 0.5) is 5.69 Å². The lowest BCUT2D eigenvalue weighted by Crippen LogP contribution is -2.45. The number of rotatable bonds is 4. The van der Waals surface area contributed by atoms with E-state index in [0.717, 1.165) is 0 Å². The summed E-state index contributed by atoms with van der Waals surface area (Å²) in [6, 6.07) is 16.5. The fourth-order valence-electron chi connectivity index (χ4n) is 1.98. The summed E-state index contributed by atoms with van der Waals surface area (Å²) in [6.07, 6.45) is 0. The second kappa shape index (κ2) is 5.75. The summed E-state index contributed by atoms with van der Waals surface area (Å²) in [7, 11) is 1.56. The Labute approximate surface area is 118 Å². The lowest BCUT2D eigenvalue weighted by atomic mass is 9.91. The summed E-state index contributed by atoms with van der Waals surface area (Å²) in [5, 5.41) is 2.81. The van der Waals surface area contributed by atoms with Gasteiger partial charge in [0.1, 0.15) is 11.3 Å². The molecule has 0 spiro atoms. The van der Waals surface area contributed by atoms with Crippen LogP contribution in [0, 0.1) is 0 Å². The van der Waals surface area contributed by atoms with Crippen LogP contribution in [0.1, 0.15) is 12.5 Å². The number of nitrogens with two attached hydrogens (primary N) is 1. The first-order valence-electron chi connectivity index (χ1n) is 6.34. The van der Waals surface area contributed by atoms with E-state index in [4.69, 9.17) is 10.5 Å². The SMILES string of the molecule is COc1ccccc1C(C)(N)C(=O)Nc1ccccc1. The first-order chi connectivity index (χ1) is 9.55. The second-order valence-corrected chi connectivity index (χ2v) is 4.72. The topological polar surface area (TPSA) is 64.3 Å². The Kier molecular flexibility index (Phi) is 4.05.